The Morgan fingerprint density at radius 3 is 2.57 bits per heavy atom. The van der Waals surface area contributed by atoms with Gasteiger partial charge < -0.3 is 14.6 Å². The Morgan fingerprint density at radius 2 is 2.00 bits per heavy atom. The Kier molecular flexibility index (Phi) is 5.35. The SMILES string of the molecule is CCOc1ccc(S(=O)(=O)NCC(=O)Nc2cc(C)on2)cc1. The Hall–Kier alpha value is -2.39. The van der Waals surface area contributed by atoms with E-state index < -0.39 is 22.5 Å². The molecular formula is C14H17N3O5S. The van der Waals surface area contributed by atoms with Crippen molar-refractivity contribution in [3.05, 3.63) is 36.1 Å². The molecule has 0 fully saturated rings. The van der Waals surface area contributed by atoms with Crippen LogP contribution >= 0.6 is 0 Å². The van der Waals surface area contributed by atoms with Crippen molar-refractivity contribution in [3.63, 3.8) is 0 Å². The molecule has 1 aromatic carbocycles. The monoisotopic (exact) mass is 339 g/mol. The molecule has 2 N–H and O–H groups in total. The van der Waals surface area contributed by atoms with Gasteiger partial charge in [0.2, 0.25) is 15.9 Å². The molecule has 124 valence electrons. The maximum Gasteiger partial charge on any atom is 0.241 e. The van der Waals surface area contributed by atoms with E-state index in [-0.39, 0.29) is 10.7 Å². The normalized spacial score (nSPS) is 11.2. The van der Waals surface area contributed by atoms with E-state index in [1.54, 1.807) is 19.1 Å². The number of carbonyl (C=O) groups is 1. The molecular weight excluding hydrogens is 322 g/mol. The molecule has 0 unspecified atom stereocenters. The molecule has 0 aliphatic carbocycles. The highest BCUT2D eigenvalue weighted by atomic mass is 32.2. The highest BCUT2D eigenvalue weighted by molar-refractivity contribution is 7.89. The fourth-order valence-corrected chi connectivity index (χ4v) is 2.72. The number of aryl methyl sites for hydroxylation is 1. The summed E-state index contributed by atoms with van der Waals surface area (Å²) in [4.78, 5) is 11.7. The summed E-state index contributed by atoms with van der Waals surface area (Å²) in [5, 5.41) is 6.01. The zero-order valence-electron chi connectivity index (χ0n) is 12.7. The van der Waals surface area contributed by atoms with Gasteiger partial charge in [0.1, 0.15) is 11.5 Å². The Balaban J connectivity index is 1.93. The Bertz CT molecular complexity index is 768. The third-order valence-corrected chi connectivity index (χ3v) is 4.18. The average Bonchev–Trinajstić information content (AvgIpc) is 2.91. The van der Waals surface area contributed by atoms with E-state index in [1.165, 1.54) is 18.2 Å². The average molecular weight is 339 g/mol. The number of hydrogen-bond acceptors (Lipinski definition) is 6. The van der Waals surface area contributed by atoms with Gasteiger partial charge in [-0.05, 0) is 38.1 Å². The number of hydrogen-bond donors (Lipinski definition) is 2. The molecule has 0 saturated heterocycles. The van der Waals surface area contributed by atoms with Gasteiger partial charge >= 0.3 is 0 Å². The maximum atomic E-state index is 12.1. The summed E-state index contributed by atoms with van der Waals surface area (Å²) in [6.45, 7) is 3.59. The molecule has 0 aliphatic rings. The lowest BCUT2D eigenvalue weighted by atomic mass is 10.3. The summed E-state index contributed by atoms with van der Waals surface area (Å²) in [6, 6.07) is 7.45. The van der Waals surface area contributed by atoms with E-state index >= 15 is 0 Å². The molecule has 2 aromatic rings. The molecule has 9 heteroatoms. The molecule has 0 atom stereocenters. The van der Waals surface area contributed by atoms with Gasteiger partial charge in [0.15, 0.2) is 5.82 Å². The van der Waals surface area contributed by atoms with Crippen molar-refractivity contribution in [1.82, 2.24) is 9.88 Å². The number of nitrogens with one attached hydrogen (secondary N) is 2. The summed E-state index contributed by atoms with van der Waals surface area (Å²) in [5.41, 5.74) is 0. The van der Waals surface area contributed by atoms with Crippen LogP contribution in [0.5, 0.6) is 5.75 Å². The van der Waals surface area contributed by atoms with Crippen LogP contribution in [0.25, 0.3) is 0 Å². The molecule has 0 saturated carbocycles. The predicted molar refractivity (Wildman–Crippen MR) is 82.7 cm³/mol. The van der Waals surface area contributed by atoms with Crippen LogP contribution in [0.1, 0.15) is 12.7 Å². The van der Waals surface area contributed by atoms with Gasteiger partial charge in [-0.3, -0.25) is 4.79 Å². The van der Waals surface area contributed by atoms with Gasteiger partial charge in [-0.2, -0.15) is 0 Å². The topological polar surface area (TPSA) is 111 Å². The first-order valence-electron chi connectivity index (χ1n) is 6.86. The maximum absolute atomic E-state index is 12.1. The van der Waals surface area contributed by atoms with Crippen molar-refractivity contribution in [2.24, 2.45) is 0 Å². The minimum Gasteiger partial charge on any atom is -0.494 e. The molecule has 0 spiro atoms. The third-order valence-electron chi connectivity index (χ3n) is 2.76. The van der Waals surface area contributed by atoms with Crippen LogP contribution < -0.4 is 14.8 Å². The first-order valence-corrected chi connectivity index (χ1v) is 8.34. The Labute approximate surface area is 133 Å². The van der Waals surface area contributed by atoms with E-state index in [4.69, 9.17) is 9.26 Å². The molecule has 0 radical (unpaired) electrons. The fourth-order valence-electron chi connectivity index (χ4n) is 1.74. The quantitative estimate of drug-likeness (QED) is 0.786. The second kappa shape index (κ2) is 7.25. The van der Waals surface area contributed by atoms with Crippen LogP contribution in [0.4, 0.5) is 5.82 Å². The van der Waals surface area contributed by atoms with Crippen LogP contribution in [0.3, 0.4) is 0 Å². The van der Waals surface area contributed by atoms with E-state index in [0.717, 1.165) is 0 Å². The minimum absolute atomic E-state index is 0.0473. The molecule has 1 aromatic heterocycles. The standard InChI is InChI=1S/C14H17N3O5S/c1-3-21-11-4-6-12(7-5-11)23(19,20)15-9-14(18)16-13-8-10(2)22-17-13/h4-8,15H,3,9H2,1-2H3,(H,16,17,18). The summed E-state index contributed by atoms with van der Waals surface area (Å²) in [5.74, 6) is 0.793. The van der Waals surface area contributed by atoms with E-state index in [2.05, 4.69) is 15.2 Å². The van der Waals surface area contributed by atoms with E-state index in [9.17, 15) is 13.2 Å². The first kappa shape index (κ1) is 17.0. The van der Waals surface area contributed by atoms with Crippen molar-refractivity contribution >= 4 is 21.7 Å². The van der Waals surface area contributed by atoms with Crippen LogP contribution in [-0.2, 0) is 14.8 Å². The highest BCUT2D eigenvalue weighted by Gasteiger charge is 2.16. The molecule has 8 nitrogen and oxygen atoms in total. The largest absolute Gasteiger partial charge is 0.494 e. The summed E-state index contributed by atoms with van der Waals surface area (Å²) < 4.78 is 36.4. The summed E-state index contributed by atoms with van der Waals surface area (Å²) in [6.07, 6.45) is 0. The lowest BCUT2D eigenvalue weighted by molar-refractivity contribution is -0.115. The molecule has 2 rings (SSSR count). The van der Waals surface area contributed by atoms with Gasteiger partial charge in [0.25, 0.3) is 0 Å². The number of ether oxygens (including phenoxy) is 1. The summed E-state index contributed by atoms with van der Waals surface area (Å²) in [7, 11) is -3.78. The van der Waals surface area contributed by atoms with Gasteiger partial charge in [-0.25, -0.2) is 13.1 Å². The van der Waals surface area contributed by atoms with Crippen LogP contribution in [0.15, 0.2) is 39.8 Å². The third kappa shape index (κ3) is 4.80. The smallest absolute Gasteiger partial charge is 0.241 e. The van der Waals surface area contributed by atoms with Gasteiger partial charge in [-0.1, -0.05) is 5.16 Å². The lowest BCUT2D eigenvalue weighted by Gasteiger charge is -2.08. The van der Waals surface area contributed by atoms with Crippen molar-refractivity contribution in [2.75, 3.05) is 18.5 Å². The van der Waals surface area contributed by atoms with Crippen molar-refractivity contribution in [2.45, 2.75) is 18.7 Å². The number of anilines is 1. The van der Waals surface area contributed by atoms with Crippen LogP contribution in [0, 0.1) is 6.92 Å². The number of benzene rings is 1. The van der Waals surface area contributed by atoms with Gasteiger partial charge in [0, 0.05) is 6.07 Å². The number of carbonyl (C=O) groups excluding carboxylic acids is 1. The second-order valence-corrected chi connectivity index (χ2v) is 6.37. The highest BCUT2D eigenvalue weighted by Crippen LogP contribution is 2.15. The van der Waals surface area contributed by atoms with Crippen molar-refractivity contribution < 1.29 is 22.5 Å². The molecule has 1 amide bonds. The summed E-state index contributed by atoms with van der Waals surface area (Å²) >= 11 is 0. The first-order chi connectivity index (χ1) is 10.9. The zero-order valence-corrected chi connectivity index (χ0v) is 13.5. The molecule has 23 heavy (non-hydrogen) atoms. The number of aromatic nitrogens is 1. The molecule has 0 aliphatic heterocycles. The molecule has 0 bridgehead atoms. The number of sulfonamides is 1. The fraction of sp³-hybridized carbons (Fsp3) is 0.286. The predicted octanol–water partition coefficient (Wildman–Crippen LogP) is 1.30. The van der Waals surface area contributed by atoms with E-state index in [0.29, 0.717) is 18.1 Å². The van der Waals surface area contributed by atoms with Crippen LogP contribution in [-0.4, -0.2) is 32.6 Å². The minimum atomic E-state index is -3.78. The second-order valence-electron chi connectivity index (χ2n) is 4.60. The van der Waals surface area contributed by atoms with Gasteiger partial charge in [0.05, 0.1) is 18.0 Å². The number of amides is 1. The number of nitrogens with zero attached hydrogens (tertiary/aromatic N) is 1. The van der Waals surface area contributed by atoms with Crippen molar-refractivity contribution in [3.8, 4) is 5.75 Å². The van der Waals surface area contributed by atoms with Gasteiger partial charge in [-0.15, -0.1) is 0 Å². The molecule has 1 heterocycles. The zero-order chi connectivity index (χ0) is 16.9. The van der Waals surface area contributed by atoms with Crippen LogP contribution in [0.2, 0.25) is 0 Å². The number of rotatable bonds is 7. The van der Waals surface area contributed by atoms with Crippen molar-refractivity contribution in [1.29, 1.82) is 0 Å². The van der Waals surface area contributed by atoms with E-state index in [1.807, 2.05) is 6.92 Å². The Morgan fingerprint density at radius 1 is 1.30 bits per heavy atom. The lowest BCUT2D eigenvalue weighted by Crippen LogP contribution is -2.32.